The van der Waals surface area contributed by atoms with Gasteiger partial charge in [0.15, 0.2) is 0 Å². The number of anilines is 1. The number of rotatable bonds is 9. The lowest BCUT2D eigenvalue weighted by atomic mass is 10.0. The summed E-state index contributed by atoms with van der Waals surface area (Å²) in [6.07, 6.45) is 4.01. The molecule has 0 bridgehead atoms. The molecule has 2 heterocycles. The van der Waals surface area contributed by atoms with Crippen molar-refractivity contribution in [2.24, 2.45) is 0 Å². The molecule has 9 nitrogen and oxygen atoms in total. The molecule has 1 aliphatic rings. The highest BCUT2D eigenvalue weighted by atomic mass is 35.5. The summed E-state index contributed by atoms with van der Waals surface area (Å²) in [4.78, 5) is 17.5. The molecule has 4 rings (SSSR count). The van der Waals surface area contributed by atoms with Crippen LogP contribution in [0.2, 0.25) is 5.02 Å². The van der Waals surface area contributed by atoms with Gasteiger partial charge in [0.2, 0.25) is 15.7 Å². The van der Waals surface area contributed by atoms with Gasteiger partial charge in [0.1, 0.15) is 21.4 Å². The van der Waals surface area contributed by atoms with E-state index in [0.29, 0.717) is 32.9 Å². The van der Waals surface area contributed by atoms with Crippen LogP contribution in [0.25, 0.3) is 22.4 Å². The molecule has 0 unspecified atom stereocenters. The molecule has 12 heteroatoms. The van der Waals surface area contributed by atoms with Crippen LogP contribution < -0.4 is 9.62 Å². The number of furan rings is 1. The highest BCUT2D eigenvalue weighted by Crippen LogP contribution is 2.46. The number of carbonyl (C=O) groups excluding carboxylic acids is 1. The Morgan fingerprint density at radius 3 is 2.37 bits per heavy atom. The maximum Gasteiger partial charge on any atom is 0.255 e. The Balaban J connectivity index is 1.90. The molecule has 1 amide bonds. The van der Waals surface area contributed by atoms with E-state index >= 15 is 0 Å². The first kappa shape index (κ1) is 25.5. The molecule has 0 atom stereocenters. The topological polar surface area (TPSA) is 127 Å². The molecule has 0 aliphatic heterocycles. The number of aromatic nitrogens is 1. The highest BCUT2D eigenvalue weighted by molar-refractivity contribution is 7.92. The third-order valence-electron chi connectivity index (χ3n) is 5.78. The summed E-state index contributed by atoms with van der Waals surface area (Å²) in [6.45, 7) is -0.0445. The maximum atomic E-state index is 12.9. The second-order valence-electron chi connectivity index (χ2n) is 8.74. The van der Waals surface area contributed by atoms with Gasteiger partial charge in [-0.25, -0.2) is 16.8 Å². The fourth-order valence-electron chi connectivity index (χ4n) is 3.98. The standard InChI is InChI=1S/C23H26ClN3O6S2/c1-25-22(28)19-18-13-17(14-5-6-14)21(27(35(3,31)32)11-4-12-34(2,29)30)26-23(18)33-20(19)15-7-9-16(24)10-8-15/h7-10,13-14H,4-6,11-12H2,1-3H3,(H,25,28). The lowest BCUT2D eigenvalue weighted by Crippen LogP contribution is -2.33. The van der Waals surface area contributed by atoms with Crippen LogP contribution in [0.5, 0.6) is 0 Å². The Morgan fingerprint density at radius 1 is 1.17 bits per heavy atom. The quantitative estimate of drug-likeness (QED) is 0.440. The zero-order chi connectivity index (χ0) is 25.5. The first-order chi connectivity index (χ1) is 16.4. The zero-order valence-corrected chi connectivity index (χ0v) is 21.9. The van der Waals surface area contributed by atoms with E-state index in [1.807, 2.05) is 0 Å². The largest absolute Gasteiger partial charge is 0.437 e. The van der Waals surface area contributed by atoms with Crippen molar-refractivity contribution in [3.8, 4) is 11.3 Å². The summed E-state index contributed by atoms with van der Waals surface area (Å²) < 4.78 is 55.8. The molecule has 2 aromatic heterocycles. The van der Waals surface area contributed by atoms with E-state index in [4.69, 9.17) is 16.0 Å². The Morgan fingerprint density at radius 2 is 1.83 bits per heavy atom. The second-order valence-corrected chi connectivity index (χ2v) is 13.3. The van der Waals surface area contributed by atoms with Crippen molar-refractivity contribution >= 4 is 54.3 Å². The van der Waals surface area contributed by atoms with Gasteiger partial charge in [-0.05, 0) is 61.1 Å². The van der Waals surface area contributed by atoms with E-state index in [-0.39, 0.29) is 42.1 Å². The Bertz CT molecular complexity index is 1490. The van der Waals surface area contributed by atoms with Crippen LogP contribution in [0, 0.1) is 0 Å². The number of halogens is 1. The van der Waals surface area contributed by atoms with Crippen LogP contribution in [0.4, 0.5) is 5.82 Å². The first-order valence-electron chi connectivity index (χ1n) is 11.0. The molecule has 1 aromatic carbocycles. The van der Waals surface area contributed by atoms with E-state index < -0.39 is 19.9 Å². The molecule has 1 fully saturated rings. The van der Waals surface area contributed by atoms with Gasteiger partial charge in [-0.1, -0.05) is 11.6 Å². The van der Waals surface area contributed by atoms with Crippen LogP contribution in [-0.2, 0) is 19.9 Å². The van der Waals surface area contributed by atoms with E-state index in [0.717, 1.165) is 29.7 Å². The molecule has 0 spiro atoms. The third kappa shape index (κ3) is 5.62. The van der Waals surface area contributed by atoms with Gasteiger partial charge in [-0.15, -0.1) is 0 Å². The van der Waals surface area contributed by atoms with Crippen LogP contribution in [-0.4, -0.2) is 59.6 Å². The Hall–Kier alpha value is -2.63. The van der Waals surface area contributed by atoms with Crippen molar-refractivity contribution in [1.29, 1.82) is 0 Å². The number of fused-ring (bicyclic) bond motifs is 1. The molecule has 0 saturated heterocycles. The van der Waals surface area contributed by atoms with Gasteiger partial charge in [0.25, 0.3) is 5.91 Å². The monoisotopic (exact) mass is 539 g/mol. The van der Waals surface area contributed by atoms with E-state index in [2.05, 4.69) is 10.3 Å². The lowest BCUT2D eigenvalue weighted by molar-refractivity contribution is 0.0964. The number of amides is 1. The summed E-state index contributed by atoms with van der Waals surface area (Å²) in [7, 11) is -5.51. The maximum absolute atomic E-state index is 12.9. The number of hydrogen-bond acceptors (Lipinski definition) is 7. The van der Waals surface area contributed by atoms with Gasteiger partial charge in [0, 0.05) is 30.4 Å². The molecule has 1 aliphatic carbocycles. The number of nitrogens with zero attached hydrogens (tertiary/aromatic N) is 2. The number of pyridine rings is 1. The fraction of sp³-hybridized carbons (Fsp3) is 0.391. The number of benzene rings is 1. The van der Waals surface area contributed by atoms with Crippen molar-refractivity contribution in [1.82, 2.24) is 10.3 Å². The molecule has 1 saturated carbocycles. The first-order valence-corrected chi connectivity index (χ1v) is 15.3. The molecule has 3 aromatic rings. The summed E-state index contributed by atoms with van der Waals surface area (Å²) in [5.41, 5.74) is 1.73. The Kier molecular flexibility index (Phi) is 6.87. The summed E-state index contributed by atoms with van der Waals surface area (Å²) in [5, 5.41) is 3.64. The highest BCUT2D eigenvalue weighted by Gasteiger charge is 2.34. The molecule has 188 valence electrons. The molecule has 0 radical (unpaired) electrons. The van der Waals surface area contributed by atoms with Gasteiger partial charge in [-0.2, -0.15) is 4.98 Å². The van der Waals surface area contributed by atoms with Crippen molar-refractivity contribution < 1.29 is 26.0 Å². The van der Waals surface area contributed by atoms with E-state index in [1.54, 1.807) is 30.3 Å². The van der Waals surface area contributed by atoms with Crippen LogP contribution >= 0.6 is 11.6 Å². The smallest absolute Gasteiger partial charge is 0.255 e. The summed E-state index contributed by atoms with van der Waals surface area (Å²) in [6, 6.07) is 8.59. The second kappa shape index (κ2) is 9.44. The van der Waals surface area contributed by atoms with Crippen LogP contribution in [0.3, 0.4) is 0 Å². The number of nitrogens with one attached hydrogen (secondary N) is 1. The normalized spacial score (nSPS) is 14.3. The van der Waals surface area contributed by atoms with Crippen molar-refractivity contribution in [2.75, 3.05) is 36.2 Å². The summed E-state index contributed by atoms with van der Waals surface area (Å²) >= 11 is 6.02. The van der Waals surface area contributed by atoms with Crippen molar-refractivity contribution in [3.05, 3.63) is 46.5 Å². The van der Waals surface area contributed by atoms with Crippen molar-refractivity contribution in [2.45, 2.75) is 25.2 Å². The molecular weight excluding hydrogens is 514 g/mol. The number of carbonyl (C=O) groups is 1. The average molecular weight is 540 g/mol. The molecular formula is C23H26ClN3O6S2. The SMILES string of the molecule is CNC(=O)c1c(-c2ccc(Cl)cc2)oc2nc(N(CCCS(C)(=O)=O)S(C)(=O)=O)c(C3CC3)cc12. The summed E-state index contributed by atoms with van der Waals surface area (Å²) in [5.74, 6) is 0.0781. The van der Waals surface area contributed by atoms with Gasteiger partial charge < -0.3 is 9.73 Å². The molecule has 35 heavy (non-hydrogen) atoms. The predicted octanol–water partition coefficient (Wildman–Crippen LogP) is 3.59. The minimum Gasteiger partial charge on any atom is -0.437 e. The van der Waals surface area contributed by atoms with Crippen molar-refractivity contribution in [3.63, 3.8) is 0 Å². The number of sulfone groups is 1. The van der Waals surface area contributed by atoms with Crippen LogP contribution in [0.15, 0.2) is 34.7 Å². The van der Waals surface area contributed by atoms with Gasteiger partial charge >= 0.3 is 0 Å². The lowest BCUT2D eigenvalue weighted by Gasteiger charge is -2.23. The van der Waals surface area contributed by atoms with Gasteiger partial charge in [0.05, 0.1) is 23.0 Å². The minimum absolute atomic E-state index is 0.0445. The number of sulfonamides is 1. The third-order valence-corrected chi connectivity index (χ3v) is 8.22. The average Bonchev–Trinajstić information content (AvgIpc) is 3.55. The van der Waals surface area contributed by atoms with Crippen LogP contribution in [0.1, 0.15) is 41.1 Å². The predicted molar refractivity (Wildman–Crippen MR) is 136 cm³/mol. The molecule has 1 N–H and O–H groups in total. The number of hydrogen-bond donors (Lipinski definition) is 1. The van der Waals surface area contributed by atoms with E-state index in [9.17, 15) is 21.6 Å². The Labute approximate surface area is 209 Å². The fourth-order valence-corrected chi connectivity index (χ4v) is 5.68. The van der Waals surface area contributed by atoms with E-state index in [1.165, 1.54) is 7.05 Å². The zero-order valence-electron chi connectivity index (χ0n) is 19.5. The minimum atomic E-state index is -3.77. The van der Waals surface area contributed by atoms with Gasteiger partial charge in [-0.3, -0.25) is 9.10 Å².